The van der Waals surface area contributed by atoms with Crippen LogP contribution >= 0.6 is 0 Å². The Labute approximate surface area is 177 Å². The molecule has 0 atom stereocenters. The number of amides is 1. The van der Waals surface area contributed by atoms with Crippen molar-refractivity contribution in [1.29, 1.82) is 0 Å². The van der Waals surface area contributed by atoms with Gasteiger partial charge in [-0.15, -0.1) is 0 Å². The van der Waals surface area contributed by atoms with Crippen molar-refractivity contribution in [3.63, 3.8) is 0 Å². The topological polar surface area (TPSA) is 90.9 Å². The Balaban J connectivity index is 2.02. The summed E-state index contributed by atoms with van der Waals surface area (Å²) in [6.45, 7) is 4.32. The van der Waals surface area contributed by atoms with E-state index in [1.54, 1.807) is 4.57 Å². The number of nitrogens with zero attached hydrogens (tertiary/aromatic N) is 4. The SMILES string of the molecule is CCCCn1cnc2c1c(=O)n(CC(=O)Nc1cc(F)cc(F)c1)c(=O)n2CCCC. The summed E-state index contributed by atoms with van der Waals surface area (Å²) in [5.41, 5.74) is -0.817. The van der Waals surface area contributed by atoms with Crippen LogP contribution in [-0.2, 0) is 24.4 Å². The largest absolute Gasteiger partial charge is 0.333 e. The van der Waals surface area contributed by atoms with Crippen LogP contribution in [-0.4, -0.2) is 24.6 Å². The summed E-state index contributed by atoms with van der Waals surface area (Å²) in [6.07, 6.45) is 4.79. The van der Waals surface area contributed by atoms with Gasteiger partial charge >= 0.3 is 5.69 Å². The van der Waals surface area contributed by atoms with Crippen molar-refractivity contribution in [1.82, 2.24) is 18.7 Å². The third-order valence-corrected chi connectivity index (χ3v) is 4.92. The van der Waals surface area contributed by atoms with Gasteiger partial charge in [0.2, 0.25) is 5.91 Å². The van der Waals surface area contributed by atoms with E-state index in [2.05, 4.69) is 10.3 Å². The summed E-state index contributed by atoms with van der Waals surface area (Å²) in [5, 5.41) is 2.33. The van der Waals surface area contributed by atoms with Crippen molar-refractivity contribution in [2.45, 2.75) is 59.2 Å². The monoisotopic (exact) mass is 433 g/mol. The summed E-state index contributed by atoms with van der Waals surface area (Å²) in [7, 11) is 0. The number of unbranched alkanes of at least 4 members (excludes halogenated alkanes) is 2. The van der Waals surface area contributed by atoms with Gasteiger partial charge in [-0.3, -0.25) is 14.2 Å². The molecule has 0 spiro atoms. The van der Waals surface area contributed by atoms with E-state index < -0.39 is 35.3 Å². The van der Waals surface area contributed by atoms with Crippen LogP contribution in [0.4, 0.5) is 14.5 Å². The second-order valence-electron chi connectivity index (χ2n) is 7.35. The van der Waals surface area contributed by atoms with E-state index in [-0.39, 0.29) is 11.2 Å². The molecule has 0 radical (unpaired) electrons. The minimum absolute atomic E-state index is 0.101. The van der Waals surface area contributed by atoms with E-state index in [4.69, 9.17) is 0 Å². The minimum atomic E-state index is -0.851. The molecule has 0 aliphatic rings. The highest BCUT2D eigenvalue weighted by Gasteiger charge is 2.19. The van der Waals surface area contributed by atoms with E-state index in [1.807, 2.05) is 13.8 Å². The first kappa shape index (κ1) is 22.4. The van der Waals surface area contributed by atoms with Crippen LogP contribution in [0.15, 0.2) is 34.1 Å². The molecule has 1 amide bonds. The fourth-order valence-corrected chi connectivity index (χ4v) is 3.36. The summed E-state index contributed by atoms with van der Waals surface area (Å²) in [6, 6.07) is 2.58. The van der Waals surface area contributed by atoms with Crippen molar-refractivity contribution in [2.75, 3.05) is 5.32 Å². The fraction of sp³-hybridized carbons (Fsp3) is 0.429. The maximum Gasteiger partial charge on any atom is 0.333 e. The molecule has 3 rings (SSSR count). The van der Waals surface area contributed by atoms with Crippen LogP contribution in [0.2, 0.25) is 0 Å². The Morgan fingerprint density at radius 1 is 1.00 bits per heavy atom. The first-order valence-corrected chi connectivity index (χ1v) is 10.3. The summed E-state index contributed by atoms with van der Waals surface area (Å²) in [4.78, 5) is 42.9. The Morgan fingerprint density at radius 3 is 2.29 bits per heavy atom. The van der Waals surface area contributed by atoms with Gasteiger partial charge in [0, 0.05) is 24.8 Å². The van der Waals surface area contributed by atoms with E-state index in [1.165, 1.54) is 10.9 Å². The van der Waals surface area contributed by atoms with E-state index in [0.717, 1.165) is 36.0 Å². The molecule has 1 aromatic carbocycles. The van der Waals surface area contributed by atoms with E-state index in [9.17, 15) is 23.2 Å². The maximum atomic E-state index is 13.4. The lowest BCUT2D eigenvalue weighted by Crippen LogP contribution is -2.43. The molecule has 166 valence electrons. The molecule has 8 nitrogen and oxygen atoms in total. The standard InChI is InChI=1S/C21H25F2N5O3/c1-3-5-7-26-13-24-19-18(26)20(30)28(21(31)27(19)8-6-4-2)12-17(29)25-16-10-14(22)9-15(23)11-16/h9-11,13H,3-8,12H2,1-2H3,(H,25,29). The molecular formula is C21H25F2N5O3. The van der Waals surface area contributed by atoms with Gasteiger partial charge in [-0.2, -0.15) is 0 Å². The number of carbonyl (C=O) groups excluding carboxylic acids is 1. The number of imidazole rings is 1. The average molecular weight is 433 g/mol. The van der Waals surface area contributed by atoms with Crippen molar-refractivity contribution >= 4 is 22.8 Å². The number of benzene rings is 1. The zero-order chi connectivity index (χ0) is 22.5. The molecular weight excluding hydrogens is 408 g/mol. The molecule has 2 aromatic heterocycles. The molecule has 0 bridgehead atoms. The summed E-state index contributed by atoms with van der Waals surface area (Å²) in [5.74, 6) is -2.45. The average Bonchev–Trinajstić information content (AvgIpc) is 3.12. The second-order valence-corrected chi connectivity index (χ2v) is 7.35. The third kappa shape index (κ3) is 4.89. The Kier molecular flexibility index (Phi) is 6.98. The molecule has 3 aromatic rings. The number of halogens is 2. The number of hydrogen-bond acceptors (Lipinski definition) is 4. The van der Waals surface area contributed by atoms with Gasteiger partial charge in [-0.05, 0) is 25.0 Å². The maximum absolute atomic E-state index is 13.4. The quantitative estimate of drug-likeness (QED) is 0.562. The minimum Gasteiger partial charge on any atom is -0.325 e. The van der Waals surface area contributed by atoms with Gasteiger partial charge in [0.1, 0.15) is 18.2 Å². The van der Waals surface area contributed by atoms with Crippen molar-refractivity contribution in [2.24, 2.45) is 0 Å². The highest BCUT2D eigenvalue weighted by molar-refractivity contribution is 5.90. The highest BCUT2D eigenvalue weighted by atomic mass is 19.1. The summed E-state index contributed by atoms with van der Waals surface area (Å²) >= 11 is 0. The molecule has 1 N–H and O–H groups in total. The lowest BCUT2D eigenvalue weighted by Gasteiger charge is -2.12. The van der Waals surface area contributed by atoms with Crippen LogP contribution in [0.5, 0.6) is 0 Å². The molecule has 10 heteroatoms. The van der Waals surface area contributed by atoms with Gasteiger partial charge in [-0.1, -0.05) is 26.7 Å². The normalized spacial score (nSPS) is 11.2. The first-order valence-electron chi connectivity index (χ1n) is 10.3. The third-order valence-electron chi connectivity index (χ3n) is 4.92. The van der Waals surface area contributed by atoms with Crippen LogP contribution < -0.4 is 16.6 Å². The second kappa shape index (κ2) is 9.67. The Hall–Kier alpha value is -3.30. The number of aryl methyl sites for hydroxylation is 2. The molecule has 0 saturated heterocycles. The molecule has 0 aliphatic heterocycles. The molecule has 0 unspecified atom stereocenters. The highest BCUT2D eigenvalue weighted by Crippen LogP contribution is 2.13. The lowest BCUT2D eigenvalue weighted by atomic mass is 10.3. The number of anilines is 1. The van der Waals surface area contributed by atoms with Gasteiger partial charge in [-0.25, -0.2) is 23.1 Å². The van der Waals surface area contributed by atoms with Gasteiger partial charge < -0.3 is 9.88 Å². The number of hydrogen-bond donors (Lipinski definition) is 1. The molecule has 0 fully saturated rings. The van der Waals surface area contributed by atoms with Crippen molar-refractivity contribution < 1.29 is 13.6 Å². The van der Waals surface area contributed by atoms with Gasteiger partial charge in [0.15, 0.2) is 11.2 Å². The lowest BCUT2D eigenvalue weighted by molar-refractivity contribution is -0.116. The Bertz CT molecular complexity index is 1190. The number of carbonyl (C=O) groups is 1. The van der Waals surface area contributed by atoms with Gasteiger partial charge in [0.25, 0.3) is 5.56 Å². The number of fused-ring (bicyclic) bond motifs is 1. The zero-order valence-electron chi connectivity index (χ0n) is 17.5. The smallest absolute Gasteiger partial charge is 0.325 e. The predicted molar refractivity (Wildman–Crippen MR) is 113 cm³/mol. The van der Waals surface area contributed by atoms with Gasteiger partial charge in [0.05, 0.1) is 6.33 Å². The predicted octanol–water partition coefficient (Wildman–Crippen LogP) is 2.88. The molecule has 0 saturated carbocycles. The summed E-state index contributed by atoms with van der Waals surface area (Å²) < 4.78 is 30.7. The fourth-order valence-electron chi connectivity index (χ4n) is 3.36. The van der Waals surface area contributed by atoms with Crippen LogP contribution in [0, 0.1) is 11.6 Å². The molecule has 0 aliphatic carbocycles. The van der Waals surface area contributed by atoms with Crippen molar-refractivity contribution in [3.8, 4) is 0 Å². The zero-order valence-corrected chi connectivity index (χ0v) is 17.5. The first-order chi connectivity index (χ1) is 14.8. The van der Waals surface area contributed by atoms with Crippen LogP contribution in [0.25, 0.3) is 11.2 Å². The number of nitrogens with one attached hydrogen (secondary N) is 1. The van der Waals surface area contributed by atoms with E-state index in [0.29, 0.717) is 31.2 Å². The number of rotatable bonds is 9. The van der Waals surface area contributed by atoms with E-state index >= 15 is 0 Å². The Morgan fingerprint density at radius 2 is 1.65 bits per heavy atom. The molecule has 2 heterocycles. The van der Waals surface area contributed by atoms with Crippen LogP contribution in [0.1, 0.15) is 39.5 Å². The van der Waals surface area contributed by atoms with Crippen LogP contribution in [0.3, 0.4) is 0 Å². The molecule has 31 heavy (non-hydrogen) atoms. The number of aromatic nitrogens is 4. The van der Waals surface area contributed by atoms with Crippen molar-refractivity contribution in [3.05, 3.63) is 57.0 Å².